The molecule has 2 atom stereocenters. The van der Waals surface area contributed by atoms with E-state index in [1.807, 2.05) is 49.1 Å². The van der Waals surface area contributed by atoms with Crippen molar-refractivity contribution in [2.24, 2.45) is 11.7 Å². The molecular weight excluding hydrogens is 332 g/mol. The number of hydrogen-bond acceptors (Lipinski definition) is 4. The van der Waals surface area contributed by atoms with Crippen LogP contribution >= 0.6 is 0 Å². The van der Waals surface area contributed by atoms with Crippen LogP contribution in [0.1, 0.15) is 20.3 Å². The fourth-order valence-electron chi connectivity index (χ4n) is 3.03. The summed E-state index contributed by atoms with van der Waals surface area (Å²) in [6.45, 7) is 8.30. The second-order valence-electron chi connectivity index (χ2n) is 6.70. The smallest absolute Gasteiger partial charge is 0.312 e. The van der Waals surface area contributed by atoms with Gasteiger partial charge in [0.05, 0.1) is 0 Å². The van der Waals surface area contributed by atoms with Crippen LogP contribution in [0.4, 0.5) is 4.79 Å². The van der Waals surface area contributed by atoms with E-state index in [2.05, 4.69) is 10.2 Å². The molecule has 3 N–H and O–H groups in total. The van der Waals surface area contributed by atoms with Gasteiger partial charge in [-0.3, -0.25) is 9.69 Å². The van der Waals surface area contributed by atoms with Gasteiger partial charge < -0.3 is 20.7 Å². The number of primary amides is 1. The Morgan fingerprint density at radius 1 is 1.19 bits per heavy atom. The lowest BCUT2D eigenvalue weighted by Gasteiger charge is -2.37. The van der Waals surface area contributed by atoms with Crippen molar-refractivity contribution in [3.8, 4) is 5.75 Å². The molecule has 0 radical (unpaired) electrons. The third-order valence-corrected chi connectivity index (χ3v) is 4.88. The van der Waals surface area contributed by atoms with E-state index in [0.717, 1.165) is 31.8 Å². The molecule has 7 heteroatoms. The molecule has 144 valence electrons. The molecule has 1 heterocycles. The van der Waals surface area contributed by atoms with E-state index < -0.39 is 12.1 Å². The molecule has 2 rings (SSSR count). The molecule has 1 fully saturated rings. The number of nitrogens with two attached hydrogens (primary N) is 1. The van der Waals surface area contributed by atoms with E-state index in [-0.39, 0.29) is 11.8 Å². The van der Waals surface area contributed by atoms with Crippen LogP contribution in [0.15, 0.2) is 30.3 Å². The van der Waals surface area contributed by atoms with Gasteiger partial charge in [-0.15, -0.1) is 0 Å². The highest BCUT2D eigenvalue weighted by Crippen LogP contribution is 2.13. The normalized spacial score (nSPS) is 17.4. The Morgan fingerprint density at radius 3 is 2.42 bits per heavy atom. The van der Waals surface area contributed by atoms with Gasteiger partial charge in [0.2, 0.25) is 5.91 Å². The Bertz CT molecular complexity index is 573. The van der Waals surface area contributed by atoms with Crippen molar-refractivity contribution in [1.29, 1.82) is 0 Å². The molecule has 0 aromatic heterocycles. The highest BCUT2D eigenvalue weighted by atomic mass is 16.5. The molecule has 1 aliphatic heterocycles. The second kappa shape index (κ2) is 10.0. The van der Waals surface area contributed by atoms with Crippen molar-refractivity contribution in [3.05, 3.63) is 30.3 Å². The molecule has 0 spiro atoms. The monoisotopic (exact) mass is 362 g/mol. The number of amides is 3. The van der Waals surface area contributed by atoms with Crippen molar-refractivity contribution < 1.29 is 14.3 Å². The quantitative estimate of drug-likeness (QED) is 0.729. The third-order valence-electron chi connectivity index (χ3n) is 4.88. The summed E-state index contributed by atoms with van der Waals surface area (Å²) in [4.78, 5) is 28.1. The van der Waals surface area contributed by atoms with Crippen LogP contribution < -0.4 is 15.8 Å². The minimum absolute atomic E-state index is 0.0432. The van der Waals surface area contributed by atoms with Gasteiger partial charge in [0.1, 0.15) is 18.4 Å². The van der Waals surface area contributed by atoms with Gasteiger partial charge in [-0.05, 0) is 18.1 Å². The number of para-hydroxylation sites is 1. The molecule has 26 heavy (non-hydrogen) atoms. The molecule has 2 unspecified atom stereocenters. The standard InChI is InChI=1S/C19H30N4O3/c1-3-15(2)17(21-19(20)25)18(24)23-11-9-22(10-12-23)13-14-26-16-7-5-4-6-8-16/h4-8,15,17H,3,9-14H2,1-2H3,(H3,20,21,25). The summed E-state index contributed by atoms with van der Waals surface area (Å²) in [7, 11) is 0. The summed E-state index contributed by atoms with van der Waals surface area (Å²) < 4.78 is 5.73. The number of hydrogen-bond donors (Lipinski definition) is 2. The molecule has 0 saturated carbocycles. The first-order chi connectivity index (χ1) is 12.5. The van der Waals surface area contributed by atoms with E-state index in [0.29, 0.717) is 19.7 Å². The fourth-order valence-corrected chi connectivity index (χ4v) is 3.03. The van der Waals surface area contributed by atoms with Crippen molar-refractivity contribution in [3.63, 3.8) is 0 Å². The number of nitrogens with one attached hydrogen (secondary N) is 1. The van der Waals surface area contributed by atoms with Gasteiger partial charge >= 0.3 is 6.03 Å². The zero-order chi connectivity index (χ0) is 18.9. The molecule has 1 saturated heterocycles. The van der Waals surface area contributed by atoms with E-state index in [1.54, 1.807) is 0 Å². The Labute approximate surface area is 155 Å². The predicted molar refractivity (Wildman–Crippen MR) is 101 cm³/mol. The first kappa shape index (κ1) is 20.0. The molecule has 3 amide bonds. The lowest BCUT2D eigenvalue weighted by Crippen LogP contribution is -2.57. The summed E-state index contributed by atoms with van der Waals surface area (Å²) in [5.74, 6) is 0.876. The Balaban J connectivity index is 1.77. The van der Waals surface area contributed by atoms with Crippen LogP contribution in [-0.4, -0.2) is 67.1 Å². The topological polar surface area (TPSA) is 87.9 Å². The predicted octanol–water partition coefficient (Wildman–Crippen LogP) is 1.29. The highest BCUT2D eigenvalue weighted by molar-refractivity contribution is 5.87. The van der Waals surface area contributed by atoms with Crippen LogP contribution in [0.25, 0.3) is 0 Å². The molecule has 1 aromatic carbocycles. The first-order valence-corrected chi connectivity index (χ1v) is 9.26. The second-order valence-corrected chi connectivity index (χ2v) is 6.70. The largest absolute Gasteiger partial charge is 0.492 e. The Hall–Kier alpha value is -2.28. The maximum atomic E-state index is 12.8. The average Bonchev–Trinajstić information content (AvgIpc) is 2.66. The SMILES string of the molecule is CCC(C)C(NC(N)=O)C(=O)N1CCN(CCOc2ccccc2)CC1. The summed E-state index contributed by atoms with van der Waals surface area (Å²) >= 11 is 0. The van der Waals surface area contributed by atoms with Crippen molar-refractivity contribution >= 4 is 11.9 Å². The van der Waals surface area contributed by atoms with Crippen LogP contribution in [0.3, 0.4) is 0 Å². The lowest BCUT2D eigenvalue weighted by atomic mass is 9.97. The number of rotatable bonds is 8. The number of urea groups is 1. The minimum atomic E-state index is -0.652. The molecule has 7 nitrogen and oxygen atoms in total. The lowest BCUT2D eigenvalue weighted by molar-refractivity contribution is -0.136. The summed E-state index contributed by atoms with van der Waals surface area (Å²) in [6.07, 6.45) is 0.799. The van der Waals surface area contributed by atoms with Crippen molar-refractivity contribution in [2.45, 2.75) is 26.3 Å². The van der Waals surface area contributed by atoms with E-state index in [9.17, 15) is 9.59 Å². The summed E-state index contributed by atoms with van der Waals surface area (Å²) in [5, 5.41) is 2.61. The number of ether oxygens (including phenoxy) is 1. The van der Waals surface area contributed by atoms with Gasteiger partial charge in [0.15, 0.2) is 0 Å². The first-order valence-electron chi connectivity index (χ1n) is 9.26. The van der Waals surface area contributed by atoms with Gasteiger partial charge in [-0.1, -0.05) is 38.5 Å². The molecule has 1 aliphatic rings. The van der Waals surface area contributed by atoms with E-state index in [4.69, 9.17) is 10.5 Å². The summed E-state index contributed by atoms with van der Waals surface area (Å²) in [6, 6.07) is 8.55. The number of nitrogens with zero attached hydrogens (tertiary/aromatic N) is 2. The van der Waals surface area contributed by atoms with Crippen molar-refractivity contribution in [1.82, 2.24) is 15.1 Å². The molecule has 1 aromatic rings. The summed E-state index contributed by atoms with van der Waals surface area (Å²) in [5.41, 5.74) is 5.24. The zero-order valence-electron chi connectivity index (χ0n) is 15.7. The van der Waals surface area contributed by atoms with Crippen LogP contribution in [-0.2, 0) is 4.79 Å². The van der Waals surface area contributed by atoms with Gasteiger partial charge in [0.25, 0.3) is 0 Å². The minimum Gasteiger partial charge on any atom is -0.492 e. The number of carbonyl (C=O) groups is 2. The van der Waals surface area contributed by atoms with Crippen LogP contribution in [0, 0.1) is 5.92 Å². The van der Waals surface area contributed by atoms with Crippen LogP contribution in [0.5, 0.6) is 5.75 Å². The van der Waals surface area contributed by atoms with Gasteiger partial charge in [-0.25, -0.2) is 4.79 Å². The molecule has 0 bridgehead atoms. The highest BCUT2D eigenvalue weighted by Gasteiger charge is 2.31. The zero-order valence-corrected chi connectivity index (χ0v) is 15.7. The molecular formula is C19H30N4O3. The third kappa shape index (κ3) is 5.91. The average molecular weight is 362 g/mol. The van der Waals surface area contributed by atoms with Gasteiger partial charge in [0, 0.05) is 32.7 Å². The van der Waals surface area contributed by atoms with Crippen LogP contribution in [0.2, 0.25) is 0 Å². The maximum Gasteiger partial charge on any atom is 0.312 e. The maximum absolute atomic E-state index is 12.8. The number of benzene rings is 1. The van der Waals surface area contributed by atoms with Gasteiger partial charge in [-0.2, -0.15) is 0 Å². The Kier molecular flexibility index (Phi) is 7.72. The van der Waals surface area contributed by atoms with E-state index in [1.165, 1.54) is 0 Å². The number of carbonyl (C=O) groups excluding carboxylic acids is 2. The molecule has 0 aliphatic carbocycles. The van der Waals surface area contributed by atoms with E-state index >= 15 is 0 Å². The Morgan fingerprint density at radius 2 is 1.85 bits per heavy atom. The number of piperazine rings is 1. The fraction of sp³-hybridized carbons (Fsp3) is 0.579. The van der Waals surface area contributed by atoms with Crippen molar-refractivity contribution in [2.75, 3.05) is 39.3 Å².